The Morgan fingerprint density at radius 2 is 0.658 bits per heavy atom. The highest BCUT2D eigenvalue weighted by atomic mass is 32.1. The van der Waals surface area contributed by atoms with Crippen molar-refractivity contribution in [3.05, 3.63) is 198 Å². The Kier molecular flexibility index (Phi) is 11.9. The van der Waals surface area contributed by atoms with Crippen molar-refractivity contribution in [1.82, 2.24) is 9.13 Å². The minimum atomic E-state index is 0.476. The maximum atomic E-state index is 6.11. The molecular weight excluding hydrogens is 965 g/mol. The molecule has 0 amide bonds. The smallest absolute Gasteiger partial charge is 0.181 e. The van der Waals surface area contributed by atoms with E-state index in [9.17, 15) is 0 Å². The summed E-state index contributed by atoms with van der Waals surface area (Å²) in [6.07, 6.45) is 15.4. The Labute approximate surface area is 431 Å². The van der Waals surface area contributed by atoms with Crippen LogP contribution >= 0.6 is 34.0 Å². The van der Waals surface area contributed by atoms with Crippen molar-refractivity contribution in [3.8, 4) is 34.4 Å². The van der Waals surface area contributed by atoms with Gasteiger partial charge in [-0.3, -0.25) is 0 Å². The number of hydrogen-bond donors (Lipinski definition) is 0. The van der Waals surface area contributed by atoms with E-state index < -0.39 is 0 Å². The van der Waals surface area contributed by atoms with Crippen LogP contribution in [0.5, 0.6) is 23.0 Å². The average Bonchev–Trinajstić information content (AvgIpc) is 4.28. The maximum Gasteiger partial charge on any atom is 0.181 e. The summed E-state index contributed by atoms with van der Waals surface area (Å²) in [5.41, 5.74) is 8.79. The van der Waals surface area contributed by atoms with Crippen molar-refractivity contribution in [2.45, 2.75) is 0 Å². The van der Waals surface area contributed by atoms with Gasteiger partial charge < -0.3 is 28.1 Å². The molecule has 13 rings (SSSR count). The van der Waals surface area contributed by atoms with Gasteiger partial charge in [-0.2, -0.15) is 20.4 Å². The zero-order valence-corrected chi connectivity index (χ0v) is 41.4. The fraction of sp³-hybridized carbons (Fsp3) is 0.0667. The number of hydrogen-bond acceptors (Lipinski definition) is 11. The predicted octanol–water partition coefficient (Wildman–Crippen LogP) is 14.9. The van der Waals surface area contributed by atoms with E-state index in [1.807, 2.05) is 0 Å². The molecule has 0 bridgehead atoms. The minimum Gasteiger partial charge on any atom is -0.485 e. The second-order valence-electron chi connectivity index (χ2n) is 17.2. The molecule has 13 heteroatoms. The number of benzene rings is 6. The van der Waals surface area contributed by atoms with Gasteiger partial charge in [-0.15, -0.1) is 34.0 Å². The zero-order valence-electron chi connectivity index (χ0n) is 39.0. The Morgan fingerprint density at radius 3 is 1.03 bits per heavy atom. The van der Waals surface area contributed by atoms with E-state index in [1.165, 1.54) is 43.6 Å². The van der Waals surface area contributed by atoms with Crippen LogP contribution in [0, 0.1) is 0 Å². The van der Waals surface area contributed by atoms with E-state index in [-0.39, 0.29) is 0 Å². The largest absolute Gasteiger partial charge is 0.485 e. The molecule has 0 atom stereocenters. The lowest BCUT2D eigenvalue weighted by atomic mass is 10.2. The summed E-state index contributed by atoms with van der Waals surface area (Å²) in [5.74, 6) is 2.86. The van der Waals surface area contributed by atoms with Crippen LogP contribution in [0.3, 0.4) is 0 Å². The van der Waals surface area contributed by atoms with Gasteiger partial charge in [-0.05, 0) is 96.1 Å². The molecule has 0 saturated heterocycles. The number of thiophene rings is 3. The molecule has 11 aromatic rings. The van der Waals surface area contributed by atoms with Gasteiger partial charge in [-0.25, -0.2) is 0 Å². The second kappa shape index (κ2) is 19.5. The number of aromatic nitrogens is 2. The highest BCUT2D eigenvalue weighted by molar-refractivity contribution is 7.16. The monoisotopic (exact) mass is 1010 g/mol. The molecule has 0 spiro atoms. The number of fused-ring (bicyclic) bond motifs is 8. The lowest BCUT2D eigenvalue weighted by Crippen LogP contribution is -2.15. The molecule has 0 saturated carbocycles. The Morgan fingerprint density at radius 1 is 0.329 bits per heavy atom. The first kappa shape index (κ1) is 44.3. The van der Waals surface area contributed by atoms with Crippen LogP contribution in [-0.2, 0) is 0 Å². The molecule has 2 aliphatic heterocycles. The van der Waals surface area contributed by atoms with Crippen molar-refractivity contribution < 1.29 is 18.9 Å². The number of nitrogens with zero attached hydrogens (tertiary/aromatic N) is 6. The highest BCUT2D eigenvalue weighted by Gasteiger charge is 2.24. The molecule has 0 unspecified atom stereocenters. The molecule has 0 fully saturated rings. The molecule has 5 aromatic heterocycles. The third kappa shape index (κ3) is 8.63. The quantitative estimate of drug-likeness (QED) is 0.0899. The highest BCUT2D eigenvalue weighted by Crippen LogP contribution is 2.46. The van der Waals surface area contributed by atoms with Gasteiger partial charge >= 0.3 is 0 Å². The van der Waals surface area contributed by atoms with Gasteiger partial charge in [0.2, 0.25) is 0 Å². The summed E-state index contributed by atoms with van der Waals surface area (Å²) in [4.78, 5) is 5.82. The van der Waals surface area contributed by atoms with E-state index in [0.29, 0.717) is 37.9 Å². The summed E-state index contributed by atoms with van der Waals surface area (Å²) in [7, 11) is 0. The Balaban J connectivity index is 0.664. The van der Waals surface area contributed by atoms with Crippen molar-refractivity contribution in [3.63, 3.8) is 0 Å². The third-order valence-corrected chi connectivity index (χ3v) is 15.8. The molecular formula is C60H42N6O4S3. The molecule has 354 valence electrons. The maximum absolute atomic E-state index is 6.11. The topological polar surface area (TPSA) is 96.2 Å². The van der Waals surface area contributed by atoms with Gasteiger partial charge in [0, 0.05) is 42.7 Å². The summed E-state index contributed by atoms with van der Waals surface area (Å²) in [5, 5.41) is 22.6. The number of ether oxygens (including phenoxy) is 4. The minimum absolute atomic E-state index is 0.476. The van der Waals surface area contributed by atoms with Gasteiger partial charge in [0.1, 0.15) is 26.4 Å². The fourth-order valence-electron chi connectivity index (χ4n) is 9.44. The van der Waals surface area contributed by atoms with Crippen molar-refractivity contribution >= 4 is 127 Å². The zero-order chi connectivity index (χ0) is 48.5. The first-order valence-electron chi connectivity index (χ1n) is 23.8. The van der Waals surface area contributed by atoms with Gasteiger partial charge in [-0.1, -0.05) is 97.1 Å². The molecule has 6 aromatic carbocycles. The van der Waals surface area contributed by atoms with Gasteiger partial charge in [0.25, 0.3) is 0 Å². The summed E-state index contributed by atoms with van der Waals surface area (Å²) in [6, 6.07) is 55.0. The number of rotatable bonds is 12. The normalized spacial score (nSPS) is 13.9. The van der Waals surface area contributed by atoms with Crippen LogP contribution in [0.15, 0.2) is 178 Å². The van der Waals surface area contributed by atoms with E-state index in [2.05, 4.69) is 212 Å². The third-order valence-electron chi connectivity index (χ3n) is 12.7. The molecule has 0 radical (unpaired) electrons. The standard InChI is InChI=1S/C60H42N6O4S3/c1-5-13-49-45(9-1)46-10-2-6-14-50(46)65(49)41-21-17-39(18-22-41)35-61-63-37-55-59-57(67-31-33-69-59)53(72-55)29-27-43-25-26-44(71-43)28-30-54-58-60(70-34-32-68-58)56(73-54)38-64-62-36-40-19-23-42(24-20-40)66-51-15-7-3-11-47(51)48-12-4-8-16-52(48)66/h1-30,35-38H,31-34H2. The lowest BCUT2D eigenvalue weighted by Gasteiger charge is -2.15. The molecule has 10 nitrogen and oxygen atoms in total. The molecule has 7 heterocycles. The van der Waals surface area contributed by atoms with Crippen LogP contribution in [0.25, 0.3) is 79.3 Å². The van der Waals surface area contributed by atoms with Crippen LogP contribution in [-0.4, -0.2) is 60.4 Å². The first-order valence-corrected chi connectivity index (χ1v) is 26.3. The summed E-state index contributed by atoms with van der Waals surface area (Å²) >= 11 is 4.81. The van der Waals surface area contributed by atoms with Gasteiger partial charge in [0.15, 0.2) is 23.0 Å². The second-order valence-corrected chi connectivity index (χ2v) is 20.5. The fourth-order valence-corrected chi connectivity index (χ4v) is 12.2. The first-order chi connectivity index (χ1) is 36.2. The molecule has 2 aliphatic rings. The van der Waals surface area contributed by atoms with Crippen LogP contribution in [0.4, 0.5) is 0 Å². The van der Waals surface area contributed by atoms with Crippen LogP contribution in [0.2, 0.25) is 0 Å². The van der Waals surface area contributed by atoms with E-state index in [0.717, 1.165) is 63.3 Å². The van der Waals surface area contributed by atoms with Crippen molar-refractivity contribution in [2.24, 2.45) is 20.4 Å². The SMILES string of the molecule is C(=Cc1sc(C=NN=Cc2ccc(-n3c4ccccc4c4ccccc43)cc2)c2c1OCCO2)c1ccc(C=Cc2sc(C=NN=Cc3ccc(-n4c5ccccc5c5ccccc54)cc3)c3c2OCCO3)s1. The van der Waals surface area contributed by atoms with Gasteiger partial charge in [0.05, 0.1) is 66.4 Å². The van der Waals surface area contributed by atoms with Crippen molar-refractivity contribution in [2.75, 3.05) is 26.4 Å². The predicted molar refractivity (Wildman–Crippen MR) is 305 cm³/mol. The Hall–Kier alpha value is -8.62. The van der Waals surface area contributed by atoms with E-state index in [4.69, 9.17) is 18.9 Å². The molecule has 0 aliphatic carbocycles. The van der Waals surface area contributed by atoms with E-state index in [1.54, 1.807) is 58.9 Å². The van der Waals surface area contributed by atoms with Crippen LogP contribution < -0.4 is 18.9 Å². The van der Waals surface area contributed by atoms with Crippen LogP contribution in [0.1, 0.15) is 40.4 Å². The summed E-state index contributed by atoms with van der Waals surface area (Å²) in [6.45, 7) is 1.93. The van der Waals surface area contributed by atoms with Crippen molar-refractivity contribution in [1.29, 1.82) is 0 Å². The lowest BCUT2D eigenvalue weighted by molar-refractivity contribution is 0.173. The summed E-state index contributed by atoms with van der Waals surface area (Å²) < 4.78 is 29.0. The van der Waals surface area contributed by atoms with E-state index >= 15 is 0 Å². The Bertz CT molecular complexity index is 3690. The number of para-hydroxylation sites is 4. The molecule has 73 heavy (non-hydrogen) atoms. The average molecular weight is 1010 g/mol. The molecule has 0 N–H and O–H groups in total.